The van der Waals surface area contributed by atoms with Crippen LogP contribution >= 0.6 is 23.5 Å². The molecule has 1 fully saturated rings. The molecule has 2 heterocycles. The maximum Gasteiger partial charge on any atom is 0.490 e. The van der Waals surface area contributed by atoms with Gasteiger partial charge >= 0.3 is 23.5 Å². The summed E-state index contributed by atoms with van der Waals surface area (Å²) in [4.78, 5) is 47.4. The van der Waals surface area contributed by atoms with E-state index in [1.807, 2.05) is 0 Å². The van der Waals surface area contributed by atoms with Gasteiger partial charge in [0.05, 0.1) is 6.61 Å². The molecule has 0 radical (unpaired) electrons. The van der Waals surface area contributed by atoms with Crippen LogP contribution in [0.4, 0.5) is 5.82 Å². The zero-order valence-corrected chi connectivity index (χ0v) is 16.4. The molecule has 2 aromatic rings. The van der Waals surface area contributed by atoms with Crippen molar-refractivity contribution in [1.29, 1.82) is 0 Å². The van der Waals surface area contributed by atoms with Crippen molar-refractivity contribution in [3.8, 4) is 0 Å². The van der Waals surface area contributed by atoms with Crippen LogP contribution in [0.25, 0.3) is 17.4 Å². The first-order valence-corrected chi connectivity index (χ1v) is 11.8. The van der Waals surface area contributed by atoms with Crippen molar-refractivity contribution >= 4 is 46.6 Å². The molecule has 0 saturated heterocycles. The third-order valence-electron chi connectivity index (χ3n) is 3.39. The molecule has 6 N–H and O–H groups in total. The van der Waals surface area contributed by atoms with Crippen LogP contribution in [0.3, 0.4) is 0 Å². The van der Waals surface area contributed by atoms with E-state index < -0.39 is 23.5 Å². The minimum atomic E-state index is -5.52. The number of aromatic nitrogens is 4. The van der Waals surface area contributed by atoms with Crippen molar-refractivity contribution in [1.82, 2.24) is 19.5 Å². The molecule has 154 valence electrons. The van der Waals surface area contributed by atoms with E-state index in [2.05, 4.69) is 28.1 Å². The van der Waals surface area contributed by atoms with Gasteiger partial charge < -0.3 is 25.3 Å². The van der Waals surface area contributed by atoms with Gasteiger partial charge in [-0.05, 0) is 12.0 Å². The van der Waals surface area contributed by atoms with Crippen LogP contribution in [-0.2, 0) is 26.8 Å². The largest absolute Gasteiger partial charge is 0.490 e. The van der Waals surface area contributed by atoms with Crippen molar-refractivity contribution in [3.63, 3.8) is 0 Å². The summed E-state index contributed by atoms with van der Waals surface area (Å²) >= 11 is 0. The van der Waals surface area contributed by atoms with Gasteiger partial charge in [0.2, 0.25) is 0 Å². The van der Waals surface area contributed by atoms with E-state index in [0.717, 1.165) is 5.57 Å². The first kappa shape index (κ1) is 21.2. The van der Waals surface area contributed by atoms with Crippen LogP contribution in [-0.4, -0.2) is 45.7 Å². The Morgan fingerprint density at radius 1 is 1.14 bits per heavy atom. The van der Waals surface area contributed by atoms with Crippen LogP contribution in [0.5, 0.6) is 0 Å². The van der Waals surface area contributed by atoms with Crippen LogP contribution in [0.1, 0.15) is 6.42 Å². The first-order valence-electron chi connectivity index (χ1n) is 7.27. The van der Waals surface area contributed by atoms with Gasteiger partial charge in [0.25, 0.3) is 0 Å². The summed E-state index contributed by atoms with van der Waals surface area (Å²) in [6.07, 6.45) is 4.87. The summed E-state index contributed by atoms with van der Waals surface area (Å²) in [5, 5.41) is 0. The number of anilines is 1. The van der Waals surface area contributed by atoms with Crippen LogP contribution in [0.2, 0.25) is 0 Å². The van der Waals surface area contributed by atoms with E-state index in [-0.39, 0.29) is 18.3 Å². The van der Waals surface area contributed by atoms with Gasteiger partial charge in [-0.2, -0.15) is 8.62 Å². The maximum atomic E-state index is 11.7. The third kappa shape index (κ3) is 5.52. The Hall–Kier alpha value is -1.50. The Balaban J connectivity index is 1.60. The Labute approximate surface area is 156 Å². The topological polar surface area (TPSA) is 229 Å². The summed E-state index contributed by atoms with van der Waals surface area (Å²) in [7, 11) is -16.1. The molecule has 1 aliphatic rings. The van der Waals surface area contributed by atoms with E-state index in [1.165, 1.54) is 12.7 Å². The first-order chi connectivity index (χ1) is 12.9. The van der Waals surface area contributed by atoms with Crippen molar-refractivity contribution in [2.75, 3.05) is 12.3 Å². The molecule has 0 bridgehead atoms. The predicted molar refractivity (Wildman–Crippen MR) is 91.9 cm³/mol. The number of nitrogens with zero attached hydrogens (tertiary/aromatic N) is 4. The highest BCUT2D eigenvalue weighted by Crippen LogP contribution is 2.66. The molecule has 3 unspecified atom stereocenters. The quantitative estimate of drug-likeness (QED) is 0.342. The van der Waals surface area contributed by atoms with Gasteiger partial charge in [-0.25, -0.2) is 28.6 Å². The molecule has 0 aliphatic heterocycles. The monoisotopic (exact) mass is 457 g/mol. The highest BCUT2D eigenvalue weighted by molar-refractivity contribution is 7.66. The average molecular weight is 457 g/mol. The Bertz CT molecular complexity index is 1080. The lowest BCUT2D eigenvalue weighted by Gasteiger charge is -2.15. The lowest BCUT2D eigenvalue weighted by atomic mass is 10.4. The fourth-order valence-corrected chi connectivity index (χ4v) is 5.24. The van der Waals surface area contributed by atoms with Crippen molar-refractivity contribution in [2.24, 2.45) is 5.92 Å². The van der Waals surface area contributed by atoms with Gasteiger partial charge in [0.1, 0.15) is 12.7 Å². The zero-order chi connectivity index (χ0) is 20.7. The number of imidazole rings is 1. The molecular weight excluding hydrogens is 443 g/mol. The molecule has 15 nitrogen and oxygen atoms in total. The molecule has 28 heavy (non-hydrogen) atoms. The fraction of sp³-hybridized carbons (Fsp3) is 0.300. The van der Waals surface area contributed by atoms with Crippen LogP contribution < -0.4 is 5.73 Å². The van der Waals surface area contributed by atoms with Crippen LogP contribution in [0, 0.1) is 5.92 Å². The molecule has 0 spiro atoms. The zero-order valence-electron chi connectivity index (χ0n) is 13.7. The standard InChI is InChI=1S/C10H14N5O10P3/c11-9-8-10(13-4-12-9)15(5-14-8)2-6-1-7(6)3-23-27(19,20)25-28(21,22)24-26(16,17)18/h2,4-5,7H,1,3H2,(H,19,20)(H,21,22)(H2,11,12,13)(H2,16,17,18)/b6-2-. The van der Waals surface area contributed by atoms with E-state index >= 15 is 0 Å². The van der Waals surface area contributed by atoms with Crippen LogP contribution in [0.15, 0.2) is 18.2 Å². The van der Waals surface area contributed by atoms with Gasteiger partial charge in [0.15, 0.2) is 17.0 Å². The van der Waals surface area contributed by atoms with E-state index in [1.54, 1.807) is 10.8 Å². The van der Waals surface area contributed by atoms with E-state index in [9.17, 15) is 18.6 Å². The Morgan fingerprint density at radius 2 is 1.86 bits per heavy atom. The number of nitrogens with two attached hydrogens (primary N) is 1. The Kier molecular flexibility index (Phi) is 5.60. The number of rotatable bonds is 8. The minimum Gasteiger partial charge on any atom is -0.382 e. The highest BCUT2D eigenvalue weighted by Gasteiger charge is 2.42. The predicted octanol–water partition coefficient (Wildman–Crippen LogP) is 0.613. The minimum absolute atomic E-state index is 0.210. The maximum absolute atomic E-state index is 11.7. The SMILES string of the molecule is Nc1ncnc2c1ncn2/C=C1/CC1COP(=O)(O)OP(=O)(O)OP(=O)(O)O. The number of hydrogen-bond donors (Lipinski definition) is 5. The molecule has 1 aliphatic carbocycles. The van der Waals surface area contributed by atoms with E-state index in [4.69, 9.17) is 20.4 Å². The molecule has 1 saturated carbocycles. The van der Waals surface area contributed by atoms with Gasteiger partial charge in [-0.1, -0.05) is 0 Å². The molecule has 2 aromatic heterocycles. The van der Waals surface area contributed by atoms with Gasteiger partial charge in [-0.15, -0.1) is 0 Å². The summed E-state index contributed by atoms with van der Waals surface area (Å²) in [5.74, 6) is -0.0938. The smallest absolute Gasteiger partial charge is 0.382 e. The third-order valence-corrected chi connectivity index (χ3v) is 7.20. The van der Waals surface area contributed by atoms with Crippen molar-refractivity contribution in [2.45, 2.75) is 6.42 Å². The number of hydrogen-bond acceptors (Lipinski definition) is 10. The molecular formula is C10H14N5O10P3. The molecule has 18 heteroatoms. The number of phosphoric acid groups is 3. The normalized spacial score (nSPS) is 22.9. The Morgan fingerprint density at radius 3 is 2.54 bits per heavy atom. The molecule has 0 aromatic carbocycles. The molecule has 3 rings (SSSR count). The number of fused-ring (bicyclic) bond motifs is 1. The summed E-state index contributed by atoms with van der Waals surface area (Å²) in [5.41, 5.74) is 7.34. The highest BCUT2D eigenvalue weighted by atomic mass is 31.3. The van der Waals surface area contributed by atoms with Crippen molar-refractivity contribution < 1.29 is 46.4 Å². The number of nitrogen functional groups attached to an aromatic ring is 1. The average Bonchev–Trinajstić information content (AvgIpc) is 3.12. The van der Waals surface area contributed by atoms with Crippen molar-refractivity contribution in [3.05, 3.63) is 18.2 Å². The molecule has 0 amide bonds. The second kappa shape index (κ2) is 7.39. The lowest BCUT2D eigenvalue weighted by Crippen LogP contribution is -1.99. The second-order valence-electron chi connectivity index (χ2n) is 5.57. The summed E-state index contributed by atoms with van der Waals surface area (Å²) in [6.45, 7) is -0.362. The molecule has 3 atom stereocenters. The number of phosphoric ester groups is 1. The second-order valence-corrected chi connectivity index (χ2v) is 9.99. The van der Waals surface area contributed by atoms with E-state index in [0.29, 0.717) is 17.6 Å². The summed E-state index contributed by atoms with van der Waals surface area (Å²) < 4.78 is 46.9. The van der Waals surface area contributed by atoms with Gasteiger partial charge in [-0.3, -0.25) is 9.09 Å². The van der Waals surface area contributed by atoms with Gasteiger partial charge in [0, 0.05) is 12.1 Å². The summed E-state index contributed by atoms with van der Waals surface area (Å²) in [6, 6.07) is 0. The fourth-order valence-electron chi connectivity index (χ4n) is 2.18. The lowest BCUT2D eigenvalue weighted by molar-refractivity contribution is 0.169.